The van der Waals surface area contributed by atoms with Crippen LogP contribution in [0, 0.1) is 17.0 Å². The van der Waals surface area contributed by atoms with Crippen molar-refractivity contribution in [2.24, 2.45) is 4.99 Å². The fourth-order valence-electron chi connectivity index (χ4n) is 4.71. The second-order valence-corrected chi connectivity index (χ2v) is 10.8. The van der Waals surface area contributed by atoms with E-state index in [9.17, 15) is 19.7 Å². The van der Waals surface area contributed by atoms with Crippen LogP contribution in [0.25, 0.3) is 17.4 Å². The molecule has 3 heterocycles. The lowest BCUT2D eigenvalue weighted by molar-refractivity contribution is -0.384. The van der Waals surface area contributed by atoms with Gasteiger partial charge in [-0.25, -0.2) is 9.79 Å². The number of nitrogens with zero attached hydrogens (tertiary/aromatic N) is 4. The minimum absolute atomic E-state index is 0.0712. The number of anilines is 1. The second-order valence-electron chi connectivity index (χ2n) is 9.75. The Labute approximate surface area is 239 Å². The van der Waals surface area contributed by atoms with Crippen molar-refractivity contribution in [3.8, 4) is 11.3 Å². The van der Waals surface area contributed by atoms with Crippen LogP contribution in [0.4, 0.5) is 11.4 Å². The number of hydrogen-bond donors (Lipinski definition) is 0. The highest BCUT2D eigenvalue weighted by atomic mass is 32.1. The number of esters is 1. The normalized spacial score (nSPS) is 15.0. The molecular formula is C30H28N4O6S. The van der Waals surface area contributed by atoms with Crippen molar-refractivity contribution in [3.05, 3.63) is 113 Å². The molecule has 0 saturated heterocycles. The summed E-state index contributed by atoms with van der Waals surface area (Å²) in [5.74, 6) is 0.0881. The summed E-state index contributed by atoms with van der Waals surface area (Å²) in [6.45, 7) is 5.37. The third-order valence-corrected chi connectivity index (χ3v) is 7.80. The number of hydrogen-bond acceptors (Lipinski definition) is 9. The van der Waals surface area contributed by atoms with Gasteiger partial charge in [-0.05, 0) is 62.2 Å². The number of aromatic nitrogens is 1. The minimum Gasteiger partial charge on any atom is -0.463 e. The van der Waals surface area contributed by atoms with E-state index >= 15 is 0 Å². The highest BCUT2D eigenvalue weighted by Crippen LogP contribution is 2.36. The van der Waals surface area contributed by atoms with E-state index in [1.165, 1.54) is 28.0 Å². The van der Waals surface area contributed by atoms with Gasteiger partial charge in [0, 0.05) is 37.5 Å². The summed E-state index contributed by atoms with van der Waals surface area (Å²) in [6.07, 6.45) is 1.80. The van der Waals surface area contributed by atoms with Crippen LogP contribution < -0.4 is 19.8 Å². The van der Waals surface area contributed by atoms with Crippen molar-refractivity contribution in [2.45, 2.75) is 26.8 Å². The summed E-state index contributed by atoms with van der Waals surface area (Å²) in [6, 6.07) is 14.7. The smallest absolute Gasteiger partial charge is 0.338 e. The van der Waals surface area contributed by atoms with Crippen LogP contribution in [-0.4, -0.2) is 36.2 Å². The molecule has 41 heavy (non-hydrogen) atoms. The average Bonchev–Trinajstić information content (AvgIpc) is 3.53. The lowest BCUT2D eigenvalue weighted by Gasteiger charge is -2.22. The molecule has 4 aromatic rings. The molecule has 0 spiro atoms. The number of carbonyl (C=O) groups is 1. The van der Waals surface area contributed by atoms with E-state index in [-0.39, 0.29) is 23.4 Å². The van der Waals surface area contributed by atoms with Crippen LogP contribution >= 0.6 is 11.3 Å². The van der Waals surface area contributed by atoms with Gasteiger partial charge in [-0.15, -0.1) is 0 Å². The number of nitro groups is 1. The van der Waals surface area contributed by atoms with Crippen LogP contribution in [0.1, 0.15) is 36.8 Å². The number of allylic oxidation sites excluding steroid dienone is 1. The molecule has 10 nitrogen and oxygen atoms in total. The highest BCUT2D eigenvalue weighted by molar-refractivity contribution is 7.07. The summed E-state index contributed by atoms with van der Waals surface area (Å²) < 4.78 is 13.5. The molecule has 2 aromatic carbocycles. The van der Waals surface area contributed by atoms with E-state index in [0.717, 1.165) is 16.8 Å². The molecular weight excluding hydrogens is 544 g/mol. The van der Waals surface area contributed by atoms with Gasteiger partial charge in [-0.1, -0.05) is 29.5 Å². The fourth-order valence-corrected chi connectivity index (χ4v) is 5.76. The zero-order valence-electron chi connectivity index (χ0n) is 23.2. The number of furan rings is 1. The van der Waals surface area contributed by atoms with Crippen LogP contribution in [0.5, 0.6) is 0 Å². The molecule has 0 saturated carbocycles. The van der Waals surface area contributed by atoms with Crippen LogP contribution in [0.15, 0.2) is 80.1 Å². The third kappa shape index (κ3) is 5.23. The Bertz CT molecular complexity index is 1880. The first kappa shape index (κ1) is 27.8. The lowest BCUT2D eigenvalue weighted by Crippen LogP contribution is -2.39. The van der Waals surface area contributed by atoms with E-state index in [2.05, 4.69) is 4.99 Å². The lowest BCUT2D eigenvalue weighted by atomic mass is 10.0. The molecule has 0 bridgehead atoms. The van der Waals surface area contributed by atoms with E-state index in [0.29, 0.717) is 32.1 Å². The number of non-ortho nitro benzene ring substituents is 1. The van der Waals surface area contributed by atoms with Gasteiger partial charge in [-0.3, -0.25) is 19.5 Å². The molecule has 0 aliphatic carbocycles. The van der Waals surface area contributed by atoms with E-state index in [1.807, 2.05) is 50.2 Å². The number of fused-ring (bicyclic) bond motifs is 1. The summed E-state index contributed by atoms with van der Waals surface area (Å²) in [7, 11) is 3.91. The Morgan fingerprint density at radius 3 is 2.56 bits per heavy atom. The molecule has 0 radical (unpaired) electrons. The van der Waals surface area contributed by atoms with Crippen molar-refractivity contribution in [3.63, 3.8) is 0 Å². The van der Waals surface area contributed by atoms with Gasteiger partial charge in [0.2, 0.25) is 0 Å². The molecule has 2 aromatic heterocycles. The van der Waals surface area contributed by atoms with Gasteiger partial charge in [0.15, 0.2) is 4.80 Å². The maximum Gasteiger partial charge on any atom is 0.338 e. The Balaban J connectivity index is 1.66. The first-order chi connectivity index (χ1) is 19.6. The minimum atomic E-state index is -0.934. The average molecular weight is 573 g/mol. The molecule has 0 unspecified atom stereocenters. The second kappa shape index (κ2) is 11.0. The summed E-state index contributed by atoms with van der Waals surface area (Å²) in [4.78, 5) is 44.9. The van der Waals surface area contributed by atoms with Crippen LogP contribution in [-0.2, 0) is 9.53 Å². The van der Waals surface area contributed by atoms with Crippen molar-refractivity contribution < 1.29 is 18.9 Å². The topological polar surface area (TPSA) is 120 Å². The molecule has 0 amide bonds. The number of thiazole rings is 1. The van der Waals surface area contributed by atoms with Crippen LogP contribution in [0.2, 0.25) is 0 Å². The fraction of sp³-hybridized carbons (Fsp3) is 0.233. The van der Waals surface area contributed by atoms with Gasteiger partial charge in [0.25, 0.3) is 11.2 Å². The number of carbonyl (C=O) groups excluding carboxylic acids is 1. The van der Waals surface area contributed by atoms with Gasteiger partial charge in [-0.2, -0.15) is 0 Å². The first-order valence-electron chi connectivity index (χ1n) is 12.9. The zero-order chi connectivity index (χ0) is 29.4. The largest absolute Gasteiger partial charge is 0.463 e. The number of rotatable bonds is 7. The van der Waals surface area contributed by atoms with Gasteiger partial charge in [0.05, 0.1) is 27.3 Å². The molecule has 1 atom stereocenters. The predicted molar refractivity (Wildman–Crippen MR) is 157 cm³/mol. The number of aryl methyl sites for hydroxylation is 1. The van der Waals surface area contributed by atoms with Gasteiger partial charge in [0.1, 0.15) is 17.6 Å². The first-order valence-corrected chi connectivity index (χ1v) is 13.7. The van der Waals surface area contributed by atoms with E-state index in [1.54, 1.807) is 38.1 Å². The third-order valence-electron chi connectivity index (χ3n) is 6.82. The number of nitro benzene ring substituents is 1. The highest BCUT2D eigenvalue weighted by Gasteiger charge is 2.35. The maximum atomic E-state index is 13.8. The Kier molecular flexibility index (Phi) is 7.46. The zero-order valence-corrected chi connectivity index (χ0v) is 24.0. The van der Waals surface area contributed by atoms with Gasteiger partial charge < -0.3 is 14.1 Å². The molecule has 0 N–H and O–H groups in total. The molecule has 1 aliphatic rings. The van der Waals surface area contributed by atoms with Crippen molar-refractivity contribution in [1.29, 1.82) is 0 Å². The molecule has 5 rings (SSSR count). The predicted octanol–water partition coefficient (Wildman–Crippen LogP) is 4.34. The summed E-state index contributed by atoms with van der Waals surface area (Å²) >= 11 is 1.22. The molecule has 11 heteroatoms. The Hall–Kier alpha value is -4.77. The monoisotopic (exact) mass is 572 g/mol. The summed E-state index contributed by atoms with van der Waals surface area (Å²) in [5.41, 5.74) is 3.41. The molecule has 210 valence electrons. The summed E-state index contributed by atoms with van der Waals surface area (Å²) in [5, 5.41) is 11.4. The Morgan fingerprint density at radius 1 is 1.17 bits per heavy atom. The number of benzene rings is 2. The quantitative estimate of drug-likeness (QED) is 0.184. The van der Waals surface area contributed by atoms with Gasteiger partial charge >= 0.3 is 5.97 Å². The maximum absolute atomic E-state index is 13.8. The molecule has 0 fully saturated rings. The Morgan fingerprint density at radius 2 is 1.90 bits per heavy atom. The van der Waals surface area contributed by atoms with Crippen molar-refractivity contribution in [2.75, 3.05) is 25.6 Å². The van der Waals surface area contributed by atoms with Crippen LogP contribution in [0.3, 0.4) is 0 Å². The van der Waals surface area contributed by atoms with Crippen molar-refractivity contribution >= 4 is 34.8 Å². The molecule has 1 aliphatic heterocycles. The van der Waals surface area contributed by atoms with Crippen molar-refractivity contribution in [1.82, 2.24) is 4.57 Å². The van der Waals surface area contributed by atoms with E-state index < -0.39 is 16.9 Å². The standard InChI is InChI=1S/C30H28N4O6S/c1-6-39-29(36)26-18(3)31-30-33(28(35)25(41-30)15-19-8-11-20(12-9-19)32(4)5)27(26)24-14-13-23(40-24)22-16-21(34(37)38)10-7-17(22)2/h7-16,27H,6H2,1-5H3/b25-15-/t27-/m0/s1. The SMILES string of the molecule is CCOC(=O)C1=C(C)N=c2s/c(=C\c3ccc(N(C)C)cc3)c(=O)n2[C@H]1c1ccc(-c2cc([N+](=O)[O-])ccc2C)o1. The van der Waals surface area contributed by atoms with E-state index in [4.69, 9.17) is 9.15 Å². The number of ether oxygens (including phenoxy) is 1.